The highest BCUT2D eigenvalue weighted by Gasteiger charge is 2.16. The minimum absolute atomic E-state index is 0.0101. The fraction of sp³-hybridized carbons (Fsp3) is 0.364. The van der Waals surface area contributed by atoms with Crippen molar-refractivity contribution in [3.05, 3.63) is 36.5 Å². The van der Waals surface area contributed by atoms with Crippen LogP contribution in [-0.2, 0) is 5.41 Å². The standard InChI is InChI=1S/C11H14N4/c1-11(2,3)9-7-12-8-10(14-9)15-6-4-5-13-15/h4-8H,1-3H3. The summed E-state index contributed by atoms with van der Waals surface area (Å²) >= 11 is 0. The molecule has 4 heteroatoms. The van der Waals surface area contributed by atoms with E-state index in [1.54, 1.807) is 23.3 Å². The summed E-state index contributed by atoms with van der Waals surface area (Å²) in [7, 11) is 0. The average molecular weight is 202 g/mol. The summed E-state index contributed by atoms with van der Waals surface area (Å²) in [6.45, 7) is 6.34. The monoisotopic (exact) mass is 202 g/mol. The molecule has 2 heterocycles. The van der Waals surface area contributed by atoms with E-state index in [0.717, 1.165) is 11.5 Å². The molecule has 0 aliphatic heterocycles. The van der Waals surface area contributed by atoms with Gasteiger partial charge in [-0.2, -0.15) is 5.10 Å². The van der Waals surface area contributed by atoms with Crippen molar-refractivity contribution in [3.8, 4) is 5.82 Å². The van der Waals surface area contributed by atoms with Gasteiger partial charge < -0.3 is 0 Å². The SMILES string of the molecule is CC(C)(C)c1cncc(-n2cccn2)n1. The van der Waals surface area contributed by atoms with Gasteiger partial charge in [0, 0.05) is 24.0 Å². The molecule has 0 unspecified atom stereocenters. The summed E-state index contributed by atoms with van der Waals surface area (Å²) in [5.74, 6) is 0.757. The second kappa shape index (κ2) is 3.46. The zero-order chi connectivity index (χ0) is 10.9. The van der Waals surface area contributed by atoms with Gasteiger partial charge in [-0.3, -0.25) is 4.98 Å². The van der Waals surface area contributed by atoms with Gasteiger partial charge in [-0.05, 0) is 6.07 Å². The van der Waals surface area contributed by atoms with Crippen LogP contribution in [0.4, 0.5) is 0 Å². The van der Waals surface area contributed by atoms with E-state index in [0.29, 0.717) is 0 Å². The van der Waals surface area contributed by atoms with E-state index in [4.69, 9.17) is 0 Å². The first-order valence-corrected chi connectivity index (χ1v) is 4.90. The maximum absolute atomic E-state index is 4.52. The molecular weight excluding hydrogens is 188 g/mol. The molecule has 2 aromatic rings. The molecule has 0 spiro atoms. The predicted octanol–water partition coefficient (Wildman–Crippen LogP) is 1.96. The summed E-state index contributed by atoms with van der Waals surface area (Å²) < 4.78 is 1.71. The Kier molecular flexibility index (Phi) is 2.26. The zero-order valence-corrected chi connectivity index (χ0v) is 9.18. The van der Waals surface area contributed by atoms with E-state index >= 15 is 0 Å². The highest BCUT2D eigenvalue weighted by Crippen LogP contribution is 2.19. The average Bonchev–Trinajstić information content (AvgIpc) is 2.69. The third kappa shape index (κ3) is 2.03. The van der Waals surface area contributed by atoms with Crippen LogP contribution in [0.2, 0.25) is 0 Å². The van der Waals surface area contributed by atoms with Crippen LogP contribution in [0.1, 0.15) is 26.5 Å². The minimum atomic E-state index is 0.0101. The van der Waals surface area contributed by atoms with Gasteiger partial charge in [0.15, 0.2) is 5.82 Å². The van der Waals surface area contributed by atoms with Crippen LogP contribution >= 0.6 is 0 Å². The van der Waals surface area contributed by atoms with Crippen LogP contribution < -0.4 is 0 Å². The molecule has 2 rings (SSSR count). The third-order valence-corrected chi connectivity index (χ3v) is 2.13. The molecule has 0 aliphatic rings. The van der Waals surface area contributed by atoms with Gasteiger partial charge >= 0.3 is 0 Å². The minimum Gasteiger partial charge on any atom is -0.259 e. The first-order chi connectivity index (χ1) is 7.07. The van der Waals surface area contributed by atoms with E-state index in [1.807, 2.05) is 12.3 Å². The molecule has 0 atom stereocenters. The molecular formula is C11H14N4. The van der Waals surface area contributed by atoms with E-state index < -0.39 is 0 Å². The van der Waals surface area contributed by atoms with Gasteiger partial charge in [0.05, 0.1) is 11.9 Å². The lowest BCUT2D eigenvalue weighted by atomic mass is 9.93. The molecule has 0 saturated heterocycles. The maximum atomic E-state index is 4.52. The van der Waals surface area contributed by atoms with Crippen LogP contribution in [-0.4, -0.2) is 19.7 Å². The Morgan fingerprint density at radius 2 is 2.00 bits per heavy atom. The number of hydrogen-bond acceptors (Lipinski definition) is 3. The topological polar surface area (TPSA) is 43.6 Å². The normalized spacial score (nSPS) is 11.7. The van der Waals surface area contributed by atoms with Crippen LogP contribution in [0, 0.1) is 0 Å². The van der Waals surface area contributed by atoms with Crippen LogP contribution in [0.3, 0.4) is 0 Å². The Hall–Kier alpha value is -1.71. The Bertz CT molecular complexity index is 440. The Morgan fingerprint density at radius 3 is 2.60 bits per heavy atom. The van der Waals surface area contributed by atoms with Gasteiger partial charge in [0.1, 0.15) is 0 Å². The highest BCUT2D eigenvalue weighted by molar-refractivity contribution is 5.21. The van der Waals surface area contributed by atoms with Crippen LogP contribution in [0.5, 0.6) is 0 Å². The molecule has 15 heavy (non-hydrogen) atoms. The lowest BCUT2D eigenvalue weighted by Crippen LogP contribution is -2.15. The summed E-state index contributed by atoms with van der Waals surface area (Å²) in [4.78, 5) is 8.71. The lowest BCUT2D eigenvalue weighted by molar-refractivity contribution is 0.562. The van der Waals surface area contributed by atoms with Crippen molar-refractivity contribution in [2.75, 3.05) is 0 Å². The number of nitrogens with zero attached hydrogens (tertiary/aromatic N) is 4. The quantitative estimate of drug-likeness (QED) is 0.710. The van der Waals surface area contributed by atoms with Gasteiger partial charge in [-0.15, -0.1) is 0 Å². The van der Waals surface area contributed by atoms with E-state index in [-0.39, 0.29) is 5.41 Å². The molecule has 0 amide bonds. The van der Waals surface area contributed by atoms with Crippen molar-refractivity contribution in [3.63, 3.8) is 0 Å². The van der Waals surface area contributed by atoms with Gasteiger partial charge in [0.25, 0.3) is 0 Å². The van der Waals surface area contributed by atoms with Crippen LogP contribution in [0.25, 0.3) is 5.82 Å². The molecule has 0 bridgehead atoms. The van der Waals surface area contributed by atoms with Crippen molar-refractivity contribution < 1.29 is 0 Å². The molecule has 0 radical (unpaired) electrons. The fourth-order valence-corrected chi connectivity index (χ4v) is 1.23. The van der Waals surface area contributed by atoms with Crippen molar-refractivity contribution in [2.24, 2.45) is 0 Å². The van der Waals surface area contributed by atoms with E-state index in [2.05, 4.69) is 35.8 Å². The summed E-state index contributed by atoms with van der Waals surface area (Å²) in [5, 5.41) is 4.12. The molecule has 78 valence electrons. The molecule has 4 nitrogen and oxygen atoms in total. The predicted molar refractivity (Wildman–Crippen MR) is 57.9 cm³/mol. The Labute approximate surface area is 89.0 Å². The maximum Gasteiger partial charge on any atom is 0.172 e. The number of rotatable bonds is 1. The molecule has 0 aliphatic carbocycles. The van der Waals surface area contributed by atoms with Gasteiger partial charge in [-0.1, -0.05) is 20.8 Å². The largest absolute Gasteiger partial charge is 0.259 e. The molecule has 0 fully saturated rings. The highest BCUT2D eigenvalue weighted by atomic mass is 15.3. The Balaban J connectivity index is 2.44. The zero-order valence-electron chi connectivity index (χ0n) is 9.18. The first kappa shape index (κ1) is 9.83. The van der Waals surface area contributed by atoms with Crippen molar-refractivity contribution in [2.45, 2.75) is 26.2 Å². The second-order valence-electron chi connectivity index (χ2n) is 4.46. The van der Waals surface area contributed by atoms with Crippen molar-refractivity contribution in [1.82, 2.24) is 19.7 Å². The number of aromatic nitrogens is 4. The second-order valence-corrected chi connectivity index (χ2v) is 4.46. The fourth-order valence-electron chi connectivity index (χ4n) is 1.23. The summed E-state index contributed by atoms with van der Waals surface area (Å²) in [6.07, 6.45) is 7.09. The van der Waals surface area contributed by atoms with Gasteiger partial charge in [0.2, 0.25) is 0 Å². The van der Waals surface area contributed by atoms with Crippen molar-refractivity contribution >= 4 is 0 Å². The van der Waals surface area contributed by atoms with Crippen LogP contribution in [0.15, 0.2) is 30.9 Å². The molecule has 0 saturated carbocycles. The lowest BCUT2D eigenvalue weighted by Gasteiger charge is -2.17. The summed E-state index contributed by atoms with van der Waals surface area (Å²) in [5.41, 5.74) is 0.978. The smallest absolute Gasteiger partial charge is 0.172 e. The number of hydrogen-bond donors (Lipinski definition) is 0. The first-order valence-electron chi connectivity index (χ1n) is 4.90. The van der Waals surface area contributed by atoms with E-state index in [9.17, 15) is 0 Å². The molecule has 0 N–H and O–H groups in total. The van der Waals surface area contributed by atoms with E-state index in [1.165, 1.54) is 0 Å². The van der Waals surface area contributed by atoms with Gasteiger partial charge in [-0.25, -0.2) is 9.67 Å². The summed E-state index contributed by atoms with van der Waals surface area (Å²) in [6, 6.07) is 1.87. The molecule has 2 aromatic heterocycles. The third-order valence-electron chi connectivity index (χ3n) is 2.13. The van der Waals surface area contributed by atoms with Crippen molar-refractivity contribution in [1.29, 1.82) is 0 Å². The molecule has 0 aromatic carbocycles. The Morgan fingerprint density at radius 1 is 1.20 bits per heavy atom.